The number of anilines is 1. The summed E-state index contributed by atoms with van der Waals surface area (Å²) in [5.74, 6) is -1.15. The topological polar surface area (TPSA) is 87.7 Å². The first-order valence-corrected chi connectivity index (χ1v) is 6.42. The minimum Gasteiger partial charge on any atom is -0.481 e. The maximum Gasteiger partial charge on any atom is 0.307 e. The minimum absolute atomic E-state index is 0.0126. The highest BCUT2D eigenvalue weighted by molar-refractivity contribution is 5.91. The van der Waals surface area contributed by atoms with Crippen LogP contribution in [0.5, 0.6) is 0 Å². The molecule has 0 saturated carbocycles. The molecule has 0 unspecified atom stereocenters. The molecule has 0 atom stereocenters. The first-order valence-electron chi connectivity index (χ1n) is 6.42. The summed E-state index contributed by atoms with van der Waals surface area (Å²) in [5, 5.41) is 14.5. The van der Waals surface area contributed by atoms with E-state index in [-0.39, 0.29) is 24.5 Å². The zero-order chi connectivity index (χ0) is 14.6. The highest BCUT2D eigenvalue weighted by Crippen LogP contribution is 2.15. The third-order valence-corrected chi connectivity index (χ3v) is 3.12. The van der Waals surface area contributed by atoms with Gasteiger partial charge in [0.15, 0.2) is 0 Å². The van der Waals surface area contributed by atoms with Crippen molar-refractivity contribution in [3.05, 3.63) is 29.8 Å². The summed E-state index contributed by atoms with van der Waals surface area (Å²) < 4.78 is 5.53. The van der Waals surface area contributed by atoms with Crippen LogP contribution in [0.15, 0.2) is 24.3 Å². The molecule has 6 heteroatoms. The van der Waals surface area contributed by atoms with Crippen molar-refractivity contribution < 1.29 is 19.4 Å². The third kappa shape index (κ3) is 4.04. The van der Waals surface area contributed by atoms with Gasteiger partial charge in [0.1, 0.15) is 6.61 Å². The lowest BCUT2D eigenvalue weighted by Crippen LogP contribution is -2.59. The van der Waals surface area contributed by atoms with E-state index in [1.54, 1.807) is 24.3 Å². The molecule has 1 aliphatic heterocycles. The molecule has 1 saturated heterocycles. The van der Waals surface area contributed by atoms with Crippen LogP contribution in [0.1, 0.15) is 12.5 Å². The number of nitrogens with one attached hydrogen (secondary N) is 2. The molecule has 1 aromatic carbocycles. The second kappa shape index (κ2) is 6.02. The molecule has 0 bridgehead atoms. The third-order valence-electron chi connectivity index (χ3n) is 3.12. The van der Waals surface area contributed by atoms with Crippen molar-refractivity contribution in [3.8, 4) is 0 Å². The van der Waals surface area contributed by atoms with Crippen LogP contribution in [0, 0.1) is 0 Å². The van der Waals surface area contributed by atoms with Crippen LogP contribution < -0.4 is 10.6 Å². The van der Waals surface area contributed by atoms with E-state index in [1.165, 1.54) is 0 Å². The predicted molar refractivity (Wildman–Crippen MR) is 73.6 cm³/mol. The molecule has 1 aliphatic rings. The van der Waals surface area contributed by atoms with Crippen molar-refractivity contribution in [3.63, 3.8) is 0 Å². The Morgan fingerprint density at radius 2 is 2.20 bits per heavy atom. The summed E-state index contributed by atoms with van der Waals surface area (Å²) in [6.07, 6.45) is -0.0655. The van der Waals surface area contributed by atoms with Crippen LogP contribution in [-0.2, 0) is 20.7 Å². The van der Waals surface area contributed by atoms with E-state index in [2.05, 4.69) is 10.6 Å². The summed E-state index contributed by atoms with van der Waals surface area (Å²) in [6, 6.07) is 6.79. The fraction of sp³-hybridized carbons (Fsp3) is 0.429. The monoisotopic (exact) mass is 278 g/mol. The molecular formula is C14H18N2O4. The summed E-state index contributed by atoms with van der Waals surface area (Å²) in [4.78, 5) is 22.4. The average molecular weight is 278 g/mol. The fourth-order valence-electron chi connectivity index (χ4n) is 1.95. The van der Waals surface area contributed by atoms with Crippen molar-refractivity contribution in [2.75, 3.05) is 25.0 Å². The van der Waals surface area contributed by atoms with Crippen LogP contribution in [0.3, 0.4) is 0 Å². The van der Waals surface area contributed by atoms with E-state index in [4.69, 9.17) is 9.84 Å². The summed E-state index contributed by atoms with van der Waals surface area (Å²) in [6.45, 7) is 3.42. The van der Waals surface area contributed by atoms with Gasteiger partial charge in [-0.25, -0.2) is 0 Å². The van der Waals surface area contributed by atoms with Gasteiger partial charge < -0.3 is 20.5 Å². The number of benzene rings is 1. The van der Waals surface area contributed by atoms with Gasteiger partial charge in [-0.15, -0.1) is 0 Å². The molecule has 1 fully saturated rings. The Morgan fingerprint density at radius 3 is 2.80 bits per heavy atom. The van der Waals surface area contributed by atoms with Crippen LogP contribution in [0.2, 0.25) is 0 Å². The van der Waals surface area contributed by atoms with Gasteiger partial charge in [-0.2, -0.15) is 0 Å². The van der Waals surface area contributed by atoms with Gasteiger partial charge in [0.05, 0.1) is 12.0 Å². The van der Waals surface area contributed by atoms with E-state index in [0.717, 1.165) is 13.1 Å². The number of aliphatic carboxylic acids is 1. The first-order chi connectivity index (χ1) is 9.47. The van der Waals surface area contributed by atoms with Gasteiger partial charge in [0.2, 0.25) is 5.91 Å². The van der Waals surface area contributed by atoms with Crippen LogP contribution in [-0.4, -0.2) is 42.3 Å². The molecule has 6 nitrogen and oxygen atoms in total. The number of carbonyl (C=O) groups is 2. The van der Waals surface area contributed by atoms with Gasteiger partial charge in [-0.3, -0.25) is 9.59 Å². The van der Waals surface area contributed by atoms with Crippen LogP contribution >= 0.6 is 0 Å². The molecule has 0 spiro atoms. The molecule has 1 aromatic rings. The molecule has 108 valence electrons. The minimum atomic E-state index is -0.901. The van der Waals surface area contributed by atoms with E-state index < -0.39 is 5.97 Å². The molecule has 1 heterocycles. The maximum absolute atomic E-state index is 11.8. The standard InChI is InChI=1S/C14H18N2O4/c1-14(8-15-9-14)20-7-12(17)16-11-4-2-3-10(5-11)6-13(18)19/h2-5,15H,6-9H2,1H3,(H,16,17)(H,18,19). The molecule has 0 aromatic heterocycles. The number of carbonyl (C=O) groups excluding carboxylic acids is 1. The summed E-state index contributed by atoms with van der Waals surface area (Å²) >= 11 is 0. The summed E-state index contributed by atoms with van der Waals surface area (Å²) in [5.41, 5.74) is 0.961. The summed E-state index contributed by atoms with van der Waals surface area (Å²) in [7, 11) is 0. The largest absolute Gasteiger partial charge is 0.481 e. The lowest BCUT2D eigenvalue weighted by molar-refractivity contribution is -0.136. The Kier molecular flexibility index (Phi) is 4.36. The number of ether oxygens (including phenoxy) is 1. The van der Waals surface area contributed by atoms with Crippen molar-refractivity contribution in [2.24, 2.45) is 0 Å². The number of carboxylic acids is 1. The molecule has 2 rings (SSSR count). The van der Waals surface area contributed by atoms with Crippen molar-refractivity contribution in [2.45, 2.75) is 18.9 Å². The van der Waals surface area contributed by atoms with Gasteiger partial charge in [0, 0.05) is 18.8 Å². The smallest absolute Gasteiger partial charge is 0.307 e. The maximum atomic E-state index is 11.8. The quantitative estimate of drug-likeness (QED) is 0.710. The van der Waals surface area contributed by atoms with Gasteiger partial charge >= 0.3 is 5.97 Å². The highest BCUT2D eigenvalue weighted by atomic mass is 16.5. The Labute approximate surface area is 117 Å². The van der Waals surface area contributed by atoms with Gasteiger partial charge in [-0.05, 0) is 24.6 Å². The zero-order valence-electron chi connectivity index (χ0n) is 11.3. The van der Waals surface area contributed by atoms with Crippen LogP contribution in [0.4, 0.5) is 5.69 Å². The molecule has 0 radical (unpaired) electrons. The molecule has 1 amide bonds. The van der Waals surface area contributed by atoms with E-state index >= 15 is 0 Å². The lowest BCUT2D eigenvalue weighted by Gasteiger charge is -2.38. The average Bonchev–Trinajstić information content (AvgIpc) is 2.33. The van der Waals surface area contributed by atoms with E-state index in [0.29, 0.717) is 11.3 Å². The highest BCUT2D eigenvalue weighted by Gasteiger charge is 2.32. The molecular weight excluding hydrogens is 260 g/mol. The predicted octanol–water partition coefficient (Wildman–Crippen LogP) is 0.631. The van der Waals surface area contributed by atoms with E-state index in [1.807, 2.05) is 6.92 Å². The molecule has 3 N–H and O–H groups in total. The zero-order valence-corrected chi connectivity index (χ0v) is 11.3. The number of rotatable bonds is 6. The van der Waals surface area contributed by atoms with Crippen molar-refractivity contribution in [1.29, 1.82) is 0 Å². The molecule has 0 aliphatic carbocycles. The number of amides is 1. The number of carboxylic acid groups (broad SMARTS) is 1. The Morgan fingerprint density at radius 1 is 1.45 bits per heavy atom. The van der Waals surface area contributed by atoms with Gasteiger partial charge in [-0.1, -0.05) is 12.1 Å². The number of hydrogen-bond donors (Lipinski definition) is 3. The Balaban J connectivity index is 1.85. The molecule has 20 heavy (non-hydrogen) atoms. The number of hydrogen-bond acceptors (Lipinski definition) is 4. The Bertz CT molecular complexity index is 512. The van der Waals surface area contributed by atoms with Crippen LogP contribution in [0.25, 0.3) is 0 Å². The second-order valence-electron chi connectivity index (χ2n) is 5.16. The first kappa shape index (κ1) is 14.5. The normalized spacial score (nSPS) is 16.2. The SMILES string of the molecule is CC1(OCC(=O)Nc2cccc(CC(=O)O)c2)CNC1. The fourth-order valence-corrected chi connectivity index (χ4v) is 1.95. The van der Waals surface area contributed by atoms with Crippen molar-refractivity contribution >= 4 is 17.6 Å². The van der Waals surface area contributed by atoms with E-state index in [9.17, 15) is 9.59 Å². The lowest BCUT2D eigenvalue weighted by atomic mass is 10.0. The van der Waals surface area contributed by atoms with Crippen molar-refractivity contribution in [1.82, 2.24) is 5.32 Å². The second-order valence-corrected chi connectivity index (χ2v) is 5.16. The van der Waals surface area contributed by atoms with Gasteiger partial charge in [0.25, 0.3) is 0 Å². The Hall–Kier alpha value is -1.92.